The quantitative estimate of drug-likeness (QED) is 0.0824. The normalized spacial score (nSPS) is 26.8. The van der Waals surface area contributed by atoms with Crippen molar-refractivity contribution in [3.63, 3.8) is 0 Å². The number of ether oxygens (including phenoxy) is 5. The molecule has 12 nitrogen and oxygen atoms in total. The lowest BCUT2D eigenvalue weighted by Crippen LogP contribution is -2.66. The third-order valence-electron chi connectivity index (χ3n) is 5.79. The van der Waals surface area contributed by atoms with Crippen molar-refractivity contribution < 1.29 is 47.7 Å². The predicted octanol–water partition coefficient (Wildman–Crippen LogP) is 2.69. The number of halogens is 3. The first kappa shape index (κ1) is 32.8. The summed E-state index contributed by atoms with van der Waals surface area (Å²) in [6, 6.07) is -1.32. The number of ketones is 2. The van der Waals surface area contributed by atoms with Crippen LogP contribution in [-0.2, 0) is 47.7 Å². The Balaban J connectivity index is 2.61. The van der Waals surface area contributed by atoms with E-state index in [4.69, 9.17) is 63.9 Å². The second-order valence-electron chi connectivity index (χ2n) is 9.97. The van der Waals surface area contributed by atoms with Gasteiger partial charge in [0, 0.05) is 39.3 Å². The molecule has 2 aliphatic rings. The van der Waals surface area contributed by atoms with Gasteiger partial charge in [0.25, 0.3) is 3.79 Å². The third-order valence-corrected chi connectivity index (χ3v) is 6.30. The number of hydrogen-bond donors (Lipinski definition) is 2. The van der Waals surface area contributed by atoms with E-state index in [2.05, 4.69) is 5.32 Å². The minimum atomic E-state index is -2.32. The molecule has 0 bridgehead atoms. The summed E-state index contributed by atoms with van der Waals surface area (Å²) in [4.78, 5) is 61.4. The van der Waals surface area contributed by atoms with E-state index in [1.165, 1.54) is 6.92 Å². The van der Waals surface area contributed by atoms with Crippen LogP contribution in [0.4, 0.5) is 0 Å². The van der Waals surface area contributed by atoms with Gasteiger partial charge in [0.2, 0.25) is 12.2 Å². The highest BCUT2D eigenvalue weighted by Crippen LogP contribution is 2.36. The summed E-state index contributed by atoms with van der Waals surface area (Å²) in [5.74, 6) is -3.95. The number of alkyl halides is 3. The molecule has 1 saturated carbocycles. The van der Waals surface area contributed by atoms with Crippen LogP contribution < -0.4 is 5.32 Å². The minimum absolute atomic E-state index is 0.0975. The molecule has 0 amide bonds. The zero-order valence-corrected chi connectivity index (χ0v) is 24.5. The van der Waals surface area contributed by atoms with Gasteiger partial charge in [-0.15, -0.1) is 0 Å². The largest absolute Gasteiger partial charge is 0.463 e. The number of Topliss-reactive ketones (excluding diaryl/α,β-unsaturated/α-hetero) is 2. The van der Waals surface area contributed by atoms with E-state index in [0.717, 1.165) is 20.8 Å². The SMILES string of the molecule is CC(=O)OC[C@H]1OC(OC(=N)C(Cl)(Cl)Cl)[C@H](NC(C)=C2C(=O)CC(C)(C)CC2=O)[C@@H](OC(C)=O)[C@@H]1OC(C)=O. The molecule has 2 rings (SSSR count). The van der Waals surface area contributed by atoms with Crippen LogP contribution in [0.1, 0.15) is 54.4 Å². The molecule has 1 aliphatic heterocycles. The molecule has 1 heterocycles. The topological polar surface area (TPSA) is 167 Å². The van der Waals surface area contributed by atoms with Crippen molar-refractivity contribution in [3.8, 4) is 0 Å². The molecular formula is C24H31Cl3N2O10. The van der Waals surface area contributed by atoms with Gasteiger partial charge in [-0.05, 0) is 12.3 Å². The van der Waals surface area contributed by atoms with E-state index < -0.39 is 81.8 Å². The number of allylic oxidation sites excluding steroid dienone is 2. The Morgan fingerprint density at radius 1 is 0.949 bits per heavy atom. The van der Waals surface area contributed by atoms with Crippen LogP contribution in [0.25, 0.3) is 0 Å². The average Bonchev–Trinajstić information content (AvgIpc) is 2.73. The Morgan fingerprint density at radius 2 is 1.46 bits per heavy atom. The second-order valence-corrected chi connectivity index (χ2v) is 12.3. The van der Waals surface area contributed by atoms with Gasteiger partial charge in [-0.25, -0.2) is 0 Å². The van der Waals surface area contributed by atoms with E-state index in [1.54, 1.807) is 13.8 Å². The van der Waals surface area contributed by atoms with Gasteiger partial charge in [0.05, 0.1) is 5.57 Å². The smallest absolute Gasteiger partial charge is 0.303 e. The first-order chi connectivity index (χ1) is 17.8. The van der Waals surface area contributed by atoms with Gasteiger partial charge in [0.1, 0.15) is 18.8 Å². The van der Waals surface area contributed by atoms with Gasteiger partial charge < -0.3 is 29.0 Å². The second kappa shape index (κ2) is 12.8. The summed E-state index contributed by atoms with van der Waals surface area (Å²) < 4.78 is 24.9. The van der Waals surface area contributed by atoms with Crippen LogP contribution in [0.2, 0.25) is 0 Å². The summed E-state index contributed by atoms with van der Waals surface area (Å²) >= 11 is 17.3. The summed E-state index contributed by atoms with van der Waals surface area (Å²) in [6.07, 6.45) is -5.40. The predicted molar refractivity (Wildman–Crippen MR) is 138 cm³/mol. The monoisotopic (exact) mass is 612 g/mol. The Kier molecular flexibility index (Phi) is 10.8. The van der Waals surface area contributed by atoms with Crippen LogP contribution in [0.15, 0.2) is 11.3 Å². The van der Waals surface area contributed by atoms with Crippen molar-refractivity contribution >= 4 is 70.2 Å². The Hall–Kier alpha value is -2.41. The van der Waals surface area contributed by atoms with Crippen molar-refractivity contribution in [1.82, 2.24) is 5.32 Å². The van der Waals surface area contributed by atoms with Crippen LogP contribution in [0.5, 0.6) is 0 Å². The summed E-state index contributed by atoms with van der Waals surface area (Å²) in [5.41, 5.74) is -0.529. The molecule has 5 atom stereocenters. The molecule has 1 saturated heterocycles. The van der Waals surface area contributed by atoms with E-state index >= 15 is 0 Å². The summed E-state index contributed by atoms with van der Waals surface area (Å²) in [6.45, 7) is 7.92. The lowest BCUT2D eigenvalue weighted by molar-refractivity contribution is -0.260. The molecule has 15 heteroatoms. The van der Waals surface area contributed by atoms with Crippen molar-refractivity contribution in [2.75, 3.05) is 6.61 Å². The molecule has 1 aliphatic carbocycles. The third kappa shape index (κ3) is 9.06. The fourth-order valence-corrected chi connectivity index (χ4v) is 4.48. The molecule has 2 N–H and O–H groups in total. The van der Waals surface area contributed by atoms with Gasteiger partial charge in [-0.1, -0.05) is 48.7 Å². The fraction of sp³-hybridized carbons (Fsp3) is 0.667. The van der Waals surface area contributed by atoms with Crippen LogP contribution in [0, 0.1) is 10.8 Å². The van der Waals surface area contributed by atoms with Crippen LogP contribution in [-0.4, -0.2) is 76.4 Å². The van der Waals surface area contributed by atoms with Crippen molar-refractivity contribution in [2.45, 2.75) is 88.8 Å². The Labute approximate surface area is 240 Å². The van der Waals surface area contributed by atoms with E-state index in [9.17, 15) is 24.0 Å². The molecule has 0 aromatic heterocycles. The minimum Gasteiger partial charge on any atom is -0.463 e. The molecule has 0 aromatic carbocycles. The Bertz CT molecular complexity index is 1050. The summed E-state index contributed by atoms with van der Waals surface area (Å²) in [7, 11) is 0. The van der Waals surface area contributed by atoms with Crippen LogP contribution in [0.3, 0.4) is 0 Å². The van der Waals surface area contributed by atoms with Crippen molar-refractivity contribution in [1.29, 1.82) is 5.41 Å². The number of carbonyl (C=O) groups excluding carboxylic acids is 5. The summed E-state index contributed by atoms with van der Waals surface area (Å²) in [5, 5.41) is 10.9. The fourth-order valence-electron chi connectivity index (χ4n) is 4.34. The number of rotatable bonds is 7. The number of nitrogens with one attached hydrogen (secondary N) is 2. The highest BCUT2D eigenvalue weighted by molar-refractivity contribution is 6.76. The maximum absolute atomic E-state index is 12.9. The van der Waals surface area contributed by atoms with Crippen molar-refractivity contribution in [2.24, 2.45) is 5.41 Å². The molecule has 39 heavy (non-hydrogen) atoms. The molecule has 0 spiro atoms. The zero-order chi connectivity index (χ0) is 29.9. The van der Waals surface area contributed by atoms with Crippen LogP contribution >= 0.6 is 34.8 Å². The molecular weight excluding hydrogens is 583 g/mol. The molecule has 218 valence electrons. The van der Waals surface area contributed by atoms with Gasteiger partial charge >= 0.3 is 17.9 Å². The standard InChI is InChI=1S/C24H31Cl3N2O10/c1-10(17-14(33)7-23(5,6)8-15(17)34)29-18-20(37-13(4)32)19(36-12(3)31)16(9-35-11(2)30)38-21(18)39-22(28)24(25,26)27/h16,18-21,28-29H,7-9H2,1-6H3/t16-,18-,19-,20-,21?/m1/s1. The van der Waals surface area contributed by atoms with E-state index in [-0.39, 0.29) is 24.1 Å². The van der Waals surface area contributed by atoms with Gasteiger partial charge in [-0.2, -0.15) is 0 Å². The lowest BCUT2D eigenvalue weighted by Gasteiger charge is -2.45. The first-order valence-corrected chi connectivity index (χ1v) is 12.9. The Morgan fingerprint density at radius 3 is 1.92 bits per heavy atom. The lowest BCUT2D eigenvalue weighted by atomic mass is 9.73. The maximum atomic E-state index is 12.9. The van der Waals surface area contributed by atoms with E-state index in [1.807, 2.05) is 0 Å². The molecule has 1 unspecified atom stereocenters. The van der Waals surface area contributed by atoms with Crippen molar-refractivity contribution in [3.05, 3.63) is 11.3 Å². The zero-order valence-electron chi connectivity index (χ0n) is 22.2. The van der Waals surface area contributed by atoms with Gasteiger partial charge in [-0.3, -0.25) is 29.4 Å². The number of carbonyl (C=O) groups is 5. The number of hydrogen-bond acceptors (Lipinski definition) is 12. The molecule has 0 radical (unpaired) electrons. The average molecular weight is 614 g/mol. The molecule has 0 aromatic rings. The maximum Gasteiger partial charge on any atom is 0.303 e. The highest BCUT2D eigenvalue weighted by Gasteiger charge is 2.53. The van der Waals surface area contributed by atoms with Gasteiger partial charge in [0.15, 0.2) is 23.8 Å². The number of esters is 3. The highest BCUT2D eigenvalue weighted by atomic mass is 35.6. The molecule has 2 fully saturated rings. The van der Waals surface area contributed by atoms with E-state index in [0.29, 0.717) is 0 Å². The first-order valence-electron chi connectivity index (χ1n) is 11.8.